The van der Waals surface area contributed by atoms with Crippen molar-refractivity contribution < 1.29 is 9.32 Å². The summed E-state index contributed by atoms with van der Waals surface area (Å²) in [5.74, 6) is 2.15. The molecule has 4 rings (SSSR count). The zero-order chi connectivity index (χ0) is 17.1. The quantitative estimate of drug-likeness (QED) is 0.908. The lowest BCUT2D eigenvalue weighted by Crippen LogP contribution is -2.35. The Balaban J connectivity index is 1.25. The summed E-state index contributed by atoms with van der Waals surface area (Å²) < 4.78 is 5.39. The summed E-state index contributed by atoms with van der Waals surface area (Å²) in [6, 6.07) is 8.43. The first kappa shape index (κ1) is 16.3. The summed E-state index contributed by atoms with van der Waals surface area (Å²) in [7, 11) is 0. The van der Waals surface area contributed by atoms with Crippen LogP contribution in [-0.2, 0) is 24.1 Å². The van der Waals surface area contributed by atoms with E-state index < -0.39 is 0 Å². The molecule has 0 unspecified atom stereocenters. The maximum atomic E-state index is 12.4. The molecule has 2 aromatic rings. The van der Waals surface area contributed by atoms with Crippen molar-refractivity contribution in [3.8, 4) is 0 Å². The minimum Gasteiger partial charge on any atom is -0.355 e. The topological polar surface area (TPSA) is 68.0 Å². The first-order valence-electron chi connectivity index (χ1n) is 9.46. The van der Waals surface area contributed by atoms with Gasteiger partial charge in [-0.05, 0) is 43.2 Å². The summed E-state index contributed by atoms with van der Waals surface area (Å²) >= 11 is 0. The lowest BCUT2D eigenvalue weighted by Gasteiger charge is -2.23. The second-order valence-corrected chi connectivity index (χ2v) is 7.28. The van der Waals surface area contributed by atoms with Crippen LogP contribution < -0.4 is 5.32 Å². The van der Waals surface area contributed by atoms with Crippen LogP contribution in [0, 0.1) is 5.92 Å². The van der Waals surface area contributed by atoms with Crippen molar-refractivity contribution in [3.63, 3.8) is 0 Å². The molecule has 2 aliphatic carbocycles. The van der Waals surface area contributed by atoms with Gasteiger partial charge in [0, 0.05) is 24.8 Å². The zero-order valence-electron chi connectivity index (χ0n) is 14.5. The highest BCUT2D eigenvalue weighted by Crippen LogP contribution is 2.32. The number of benzene rings is 1. The molecule has 1 aromatic heterocycles. The van der Waals surface area contributed by atoms with Crippen LogP contribution in [0.4, 0.5) is 0 Å². The highest BCUT2D eigenvalue weighted by molar-refractivity contribution is 5.79. The van der Waals surface area contributed by atoms with Crippen molar-refractivity contribution in [3.05, 3.63) is 47.1 Å². The molecule has 5 heteroatoms. The number of nitrogens with zero attached hydrogens (tertiary/aromatic N) is 2. The largest absolute Gasteiger partial charge is 0.355 e. The molecular formula is C20H25N3O2. The molecule has 1 heterocycles. The predicted molar refractivity (Wildman–Crippen MR) is 94.2 cm³/mol. The van der Waals surface area contributed by atoms with Crippen molar-refractivity contribution in [1.82, 2.24) is 15.5 Å². The minimum atomic E-state index is 0.0780. The van der Waals surface area contributed by atoms with E-state index in [0.29, 0.717) is 24.7 Å². The number of rotatable bonds is 5. The Morgan fingerprint density at radius 3 is 2.80 bits per heavy atom. The Bertz CT molecular complexity index is 734. The molecule has 1 amide bonds. The van der Waals surface area contributed by atoms with E-state index in [1.165, 1.54) is 24.0 Å². The highest BCUT2D eigenvalue weighted by Gasteiger charge is 2.25. The summed E-state index contributed by atoms with van der Waals surface area (Å²) in [6.07, 6.45) is 8.21. The van der Waals surface area contributed by atoms with Crippen LogP contribution in [-0.4, -0.2) is 22.6 Å². The molecule has 1 aromatic carbocycles. The molecule has 132 valence electrons. The minimum absolute atomic E-state index is 0.0780. The van der Waals surface area contributed by atoms with Crippen molar-refractivity contribution >= 4 is 5.91 Å². The molecule has 0 spiro atoms. The maximum absolute atomic E-state index is 12.4. The molecule has 0 radical (unpaired) electrons. The monoisotopic (exact) mass is 339 g/mol. The standard InChI is InChI=1S/C20H25N3O2/c24-19(17-10-9-14-5-1-4-8-16(14)13-17)21-12-11-18-22-20(25-23-18)15-6-2-3-7-15/h1,4-5,8,15,17H,2-3,6-7,9-13H2,(H,21,24)/t17-/m0/s1. The van der Waals surface area contributed by atoms with Crippen LogP contribution in [0.25, 0.3) is 0 Å². The first-order valence-corrected chi connectivity index (χ1v) is 9.46. The Morgan fingerprint density at radius 2 is 1.96 bits per heavy atom. The number of carbonyl (C=O) groups is 1. The molecule has 0 saturated heterocycles. The summed E-state index contributed by atoms with van der Waals surface area (Å²) in [5.41, 5.74) is 2.70. The van der Waals surface area contributed by atoms with E-state index in [1.54, 1.807) is 0 Å². The highest BCUT2D eigenvalue weighted by atomic mass is 16.5. The van der Waals surface area contributed by atoms with Crippen LogP contribution in [0.5, 0.6) is 0 Å². The van der Waals surface area contributed by atoms with Gasteiger partial charge in [-0.2, -0.15) is 4.98 Å². The summed E-state index contributed by atoms with van der Waals surface area (Å²) in [6.45, 7) is 0.570. The molecule has 1 N–H and O–H groups in total. The Hall–Kier alpha value is -2.17. The number of fused-ring (bicyclic) bond motifs is 1. The second kappa shape index (κ2) is 7.38. The first-order chi connectivity index (χ1) is 12.3. The van der Waals surface area contributed by atoms with E-state index in [1.807, 2.05) is 0 Å². The number of hydrogen-bond acceptors (Lipinski definition) is 4. The van der Waals surface area contributed by atoms with E-state index in [4.69, 9.17) is 4.52 Å². The van der Waals surface area contributed by atoms with E-state index in [9.17, 15) is 4.79 Å². The average Bonchev–Trinajstić information content (AvgIpc) is 3.32. The fourth-order valence-electron chi connectivity index (χ4n) is 4.07. The van der Waals surface area contributed by atoms with Gasteiger partial charge in [0.25, 0.3) is 0 Å². The Kier molecular flexibility index (Phi) is 4.81. The fourth-order valence-corrected chi connectivity index (χ4v) is 4.07. The predicted octanol–water partition coefficient (Wildman–Crippen LogP) is 3.19. The third-order valence-corrected chi connectivity index (χ3v) is 5.55. The van der Waals surface area contributed by atoms with Gasteiger partial charge in [-0.3, -0.25) is 4.79 Å². The lowest BCUT2D eigenvalue weighted by molar-refractivity contribution is -0.125. The maximum Gasteiger partial charge on any atom is 0.229 e. The van der Waals surface area contributed by atoms with Crippen molar-refractivity contribution in [1.29, 1.82) is 0 Å². The lowest BCUT2D eigenvalue weighted by atomic mass is 9.83. The second-order valence-electron chi connectivity index (χ2n) is 7.28. The molecule has 2 aliphatic rings. The molecule has 1 saturated carbocycles. The third-order valence-electron chi connectivity index (χ3n) is 5.55. The molecule has 1 atom stereocenters. The van der Waals surface area contributed by atoms with Crippen LogP contribution in [0.1, 0.15) is 60.9 Å². The third kappa shape index (κ3) is 3.75. The number of nitrogens with one attached hydrogen (secondary N) is 1. The molecule has 25 heavy (non-hydrogen) atoms. The molecular weight excluding hydrogens is 314 g/mol. The van der Waals surface area contributed by atoms with Crippen molar-refractivity contribution in [2.24, 2.45) is 5.92 Å². The number of amides is 1. The SMILES string of the molecule is O=C(NCCc1noc(C2CCCC2)n1)[C@H]1CCc2ccccc2C1. The van der Waals surface area contributed by atoms with Gasteiger partial charge in [-0.15, -0.1) is 0 Å². The molecule has 0 aliphatic heterocycles. The van der Waals surface area contributed by atoms with Crippen LogP contribution >= 0.6 is 0 Å². The van der Waals surface area contributed by atoms with Gasteiger partial charge < -0.3 is 9.84 Å². The Labute approximate surface area is 148 Å². The average molecular weight is 339 g/mol. The summed E-state index contributed by atoms with van der Waals surface area (Å²) in [5, 5.41) is 7.11. The van der Waals surface area contributed by atoms with E-state index in [-0.39, 0.29) is 11.8 Å². The number of hydrogen-bond donors (Lipinski definition) is 1. The normalized spacial score (nSPS) is 20.4. The molecule has 1 fully saturated rings. The van der Waals surface area contributed by atoms with Gasteiger partial charge in [0.15, 0.2) is 5.82 Å². The van der Waals surface area contributed by atoms with Crippen LogP contribution in [0.15, 0.2) is 28.8 Å². The van der Waals surface area contributed by atoms with Crippen molar-refractivity contribution in [2.75, 3.05) is 6.54 Å². The van der Waals surface area contributed by atoms with Gasteiger partial charge in [0.1, 0.15) is 0 Å². The molecule has 0 bridgehead atoms. The van der Waals surface area contributed by atoms with Gasteiger partial charge in [0.05, 0.1) is 0 Å². The summed E-state index contributed by atoms with van der Waals surface area (Å²) in [4.78, 5) is 16.9. The van der Waals surface area contributed by atoms with Crippen molar-refractivity contribution in [2.45, 2.75) is 57.3 Å². The van der Waals surface area contributed by atoms with E-state index in [2.05, 4.69) is 39.7 Å². The van der Waals surface area contributed by atoms with Gasteiger partial charge in [0.2, 0.25) is 11.8 Å². The number of carbonyl (C=O) groups excluding carboxylic acids is 1. The zero-order valence-corrected chi connectivity index (χ0v) is 14.5. The number of aryl methyl sites for hydroxylation is 1. The number of aromatic nitrogens is 2. The van der Waals surface area contributed by atoms with Crippen LogP contribution in [0.2, 0.25) is 0 Å². The van der Waals surface area contributed by atoms with E-state index >= 15 is 0 Å². The fraction of sp³-hybridized carbons (Fsp3) is 0.550. The molecule has 5 nitrogen and oxygen atoms in total. The van der Waals surface area contributed by atoms with Crippen LogP contribution in [0.3, 0.4) is 0 Å². The van der Waals surface area contributed by atoms with Gasteiger partial charge in [-0.25, -0.2) is 0 Å². The smallest absolute Gasteiger partial charge is 0.229 e. The van der Waals surface area contributed by atoms with Gasteiger partial charge >= 0.3 is 0 Å². The Morgan fingerprint density at radius 1 is 1.16 bits per heavy atom. The van der Waals surface area contributed by atoms with E-state index in [0.717, 1.165) is 38.0 Å². The van der Waals surface area contributed by atoms with Gasteiger partial charge in [-0.1, -0.05) is 42.3 Å².